The quantitative estimate of drug-likeness (QED) is 0.401. The molecule has 1 aliphatic rings. The van der Waals surface area contributed by atoms with Crippen molar-refractivity contribution in [3.05, 3.63) is 64.6 Å². The normalized spacial score (nSPS) is 12.9. The summed E-state index contributed by atoms with van der Waals surface area (Å²) in [7, 11) is 1.45. The summed E-state index contributed by atoms with van der Waals surface area (Å²) in [6.45, 7) is 0.803. The molecule has 1 aromatic heterocycles. The van der Waals surface area contributed by atoms with Crippen molar-refractivity contribution in [3.8, 4) is 0 Å². The highest BCUT2D eigenvalue weighted by molar-refractivity contribution is 6.33. The largest absolute Gasteiger partial charge is 0.355 e. The van der Waals surface area contributed by atoms with Crippen LogP contribution in [0, 0.1) is 5.82 Å². The molecule has 0 saturated carbocycles. The van der Waals surface area contributed by atoms with Crippen molar-refractivity contribution in [1.29, 1.82) is 0 Å². The fraction of sp³-hybridized carbons (Fsp3) is 0.143. The van der Waals surface area contributed by atoms with E-state index in [-0.39, 0.29) is 40.5 Å². The van der Waals surface area contributed by atoms with Crippen LogP contribution in [0.25, 0.3) is 0 Å². The maximum Gasteiger partial charge on any atom is 0.253 e. The van der Waals surface area contributed by atoms with Crippen molar-refractivity contribution in [3.63, 3.8) is 0 Å². The molecule has 11 heteroatoms. The number of carbonyl (C=O) groups is 2. The second kappa shape index (κ2) is 9.16. The molecule has 0 radical (unpaired) electrons. The van der Waals surface area contributed by atoms with Crippen molar-refractivity contribution in [2.24, 2.45) is 0 Å². The molecular formula is C21H19ClFN7O2. The fourth-order valence-electron chi connectivity index (χ4n) is 3.17. The predicted molar refractivity (Wildman–Crippen MR) is 120 cm³/mol. The highest BCUT2D eigenvalue weighted by Gasteiger charge is 2.17. The molecule has 1 aliphatic heterocycles. The molecule has 2 heterocycles. The van der Waals surface area contributed by atoms with Crippen molar-refractivity contribution >= 4 is 52.2 Å². The van der Waals surface area contributed by atoms with Gasteiger partial charge >= 0.3 is 0 Å². The van der Waals surface area contributed by atoms with Gasteiger partial charge in [-0.3, -0.25) is 9.59 Å². The van der Waals surface area contributed by atoms with Gasteiger partial charge < -0.3 is 26.6 Å². The number of hydrogen-bond acceptors (Lipinski definition) is 7. The van der Waals surface area contributed by atoms with Crippen LogP contribution >= 0.6 is 11.6 Å². The van der Waals surface area contributed by atoms with Crippen LogP contribution in [0.1, 0.15) is 15.9 Å². The van der Waals surface area contributed by atoms with Crippen LogP contribution in [0.2, 0.25) is 5.02 Å². The van der Waals surface area contributed by atoms with Gasteiger partial charge in [-0.05, 0) is 29.8 Å². The van der Waals surface area contributed by atoms with Crippen LogP contribution in [-0.4, -0.2) is 35.4 Å². The molecule has 0 aliphatic carbocycles. The van der Waals surface area contributed by atoms with E-state index in [2.05, 4.69) is 36.6 Å². The van der Waals surface area contributed by atoms with Gasteiger partial charge in [0.15, 0.2) is 5.82 Å². The number of aromatic nitrogens is 2. The first-order chi connectivity index (χ1) is 15.4. The maximum absolute atomic E-state index is 14.5. The second-order valence-electron chi connectivity index (χ2n) is 6.91. The van der Waals surface area contributed by atoms with Crippen LogP contribution < -0.4 is 26.6 Å². The first kappa shape index (κ1) is 21.5. The van der Waals surface area contributed by atoms with Crippen LogP contribution in [0.3, 0.4) is 0 Å². The van der Waals surface area contributed by atoms with Crippen molar-refractivity contribution in [2.45, 2.75) is 6.54 Å². The zero-order valence-electron chi connectivity index (χ0n) is 16.9. The van der Waals surface area contributed by atoms with Gasteiger partial charge in [-0.15, -0.1) is 0 Å². The summed E-state index contributed by atoms with van der Waals surface area (Å²) in [6.07, 6.45) is 1.36. The number of nitrogens with one attached hydrogen (secondary N) is 5. The minimum atomic E-state index is -0.634. The number of carbonyl (C=O) groups excluding carboxylic acids is 2. The summed E-state index contributed by atoms with van der Waals surface area (Å²) in [5, 5.41) is 14.3. The van der Waals surface area contributed by atoms with Gasteiger partial charge in [0.25, 0.3) is 5.91 Å². The Labute approximate surface area is 187 Å². The average molecular weight is 456 g/mol. The number of amides is 2. The predicted octanol–water partition coefficient (Wildman–Crippen LogP) is 3.16. The van der Waals surface area contributed by atoms with Crippen molar-refractivity contribution in [1.82, 2.24) is 20.6 Å². The van der Waals surface area contributed by atoms with Crippen LogP contribution in [0.5, 0.6) is 0 Å². The Morgan fingerprint density at radius 3 is 2.84 bits per heavy atom. The lowest BCUT2D eigenvalue weighted by atomic mass is 10.1. The van der Waals surface area contributed by atoms with Crippen molar-refractivity contribution in [2.75, 3.05) is 29.5 Å². The lowest BCUT2D eigenvalue weighted by Crippen LogP contribution is -2.23. The zero-order chi connectivity index (χ0) is 22.7. The van der Waals surface area contributed by atoms with Crippen LogP contribution in [0.4, 0.5) is 33.2 Å². The number of hydrogen-bond donors (Lipinski definition) is 5. The molecule has 4 rings (SSSR count). The van der Waals surface area contributed by atoms with E-state index in [0.29, 0.717) is 17.9 Å². The third-order valence-electron chi connectivity index (χ3n) is 4.71. The van der Waals surface area contributed by atoms with Gasteiger partial charge in [0.1, 0.15) is 10.8 Å². The Hall–Kier alpha value is -3.76. The Morgan fingerprint density at radius 1 is 1.19 bits per heavy atom. The molecule has 32 heavy (non-hydrogen) atoms. The average Bonchev–Trinajstić information content (AvgIpc) is 2.96. The highest BCUT2D eigenvalue weighted by atomic mass is 35.5. The Bertz CT molecular complexity index is 1200. The first-order valence-corrected chi connectivity index (χ1v) is 10.0. The molecule has 2 aromatic carbocycles. The summed E-state index contributed by atoms with van der Waals surface area (Å²) in [4.78, 5) is 32.4. The summed E-state index contributed by atoms with van der Waals surface area (Å²) in [5.74, 6) is -0.922. The topological polar surface area (TPSA) is 120 Å². The Morgan fingerprint density at radius 2 is 2.03 bits per heavy atom. The molecule has 2 amide bonds. The second-order valence-corrected chi connectivity index (χ2v) is 7.31. The van der Waals surface area contributed by atoms with Crippen LogP contribution in [0.15, 0.2) is 42.6 Å². The van der Waals surface area contributed by atoms with E-state index < -0.39 is 11.7 Å². The molecule has 5 N–H and O–H groups in total. The third kappa shape index (κ3) is 4.61. The molecule has 0 saturated heterocycles. The van der Waals surface area contributed by atoms with Crippen LogP contribution in [-0.2, 0) is 11.3 Å². The molecule has 0 unspecified atom stereocenters. The smallest absolute Gasteiger partial charge is 0.253 e. The maximum atomic E-state index is 14.5. The molecule has 0 fully saturated rings. The van der Waals surface area contributed by atoms with E-state index in [4.69, 9.17) is 11.6 Å². The Kier molecular flexibility index (Phi) is 6.15. The van der Waals surface area contributed by atoms with E-state index >= 15 is 0 Å². The summed E-state index contributed by atoms with van der Waals surface area (Å²) in [5.41, 5.74) is 2.31. The number of rotatable bonds is 5. The van der Waals surface area contributed by atoms with E-state index in [1.54, 1.807) is 6.07 Å². The minimum Gasteiger partial charge on any atom is -0.355 e. The van der Waals surface area contributed by atoms with Gasteiger partial charge in [-0.2, -0.15) is 4.98 Å². The molecule has 3 aromatic rings. The molecular weight excluding hydrogens is 437 g/mol. The number of para-hydroxylation sites is 1. The number of halogens is 2. The molecule has 9 nitrogen and oxygen atoms in total. The fourth-order valence-corrected chi connectivity index (χ4v) is 3.31. The lowest BCUT2D eigenvalue weighted by Gasteiger charge is -2.14. The van der Waals surface area contributed by atoms with Crippen molar-refractivity contribution < 1.29 is 14.0 Å². The SMILES string of the molecule is CNC(=O)c1cccc(F)c1Nc1nc(Nc2ccc3c(c2)NC(=O)CNC3)ncc1Cl. The highest BCUT2D eigenvalue weighted by Crippen LogP contribution is 2.29. The molecule has 0 bridgehead atoms. The van der Waals surface area contributed by atoms with Gasteiger partial charge in [-0.1, -0.05) is 23.7 Å². The molecule has 0 spiro atoms. The zero-order valence-corrected chi connectivity index (χ0v) is 17.7. The van der Waals surface area contributed by atoms with E-state index in [1.807, 2.05) is 12.1 Å². The summed E-state index contributed by atoms with van der Waals surface area (Å²) >= 11 is 6.20. The minimum absolute atomic E-state index is 0.0568. The lowest BCUT2D eigenvalue weighted by molar-refractivity contribution is -0.115. The van der Waals surface area contributed by atoms with E-state index in [0.717, 1.165) is 5.56 Å². The third-order valence-corrected chi connectivity index (χ3v) is 4.99. The van der Waals surface area contributed by atoms with Gasteiger partial charge in [0, 0.05) is 25.0 Å². The number of anilines is 5. The summed E-state index contributed by atoms with van der Waals surface area (Å²) < 4.78 is 14.5. The van der Waals surface area contributed by atoms with Gasteiger partial charge in [-0.25, -0.2) is 9.37 Å². The molecule has 0 atom stereocenters. The molecule has 164 valence electrons. The Balaban J connectivity index is 1.61. The summed E-state index contributed by atoms with van der Waals surface area (Å²) in [6, 6.07) is 9.61. The first-order valence-electron chi connectivity index (χ1n) is 9.65. The van der Waals surface area contributed by atoms with E-state index in [1.165, 1.54) is 31.4 Å². The van der Waals surface area contributed by atoms with Gasteiger partial charge in [0.05, 0.1) is 24.0 Å². The van der Waals surface area contributed by atoms with Gasteiger partial charge in [0.2, 0.25) is 11.9 Å². The number of benzene rings is 2. The standard InChI is InChI=1S/C21H19ClFN7O2/c1-24-20(32)13-3-2-4-15(23)18(13)29-19-14(22)9-26-21(30-19)27-12-6-5-11-8-25-10-17(31)28-16(11)7-12/h2-7,9,25H,8,10H2,1H3,(H,24,32)(H,28,31)(H2,26,27,29,30). The monoisotopic (exact) mass is 455 g/mol. The van der Waals surface area contributed by atoms with E-state index in [9.17, 15) is 14.0 Å². The number of fused-ring (bicyclic) bond motifs is 1. The number of nitrogens with zero attached hydrogens (tertiary/aromatic N) is 2.